The highest BCUT2D eigenvalue weighted by atomic mass is 19.1. The van der Waals surface area contributed by atoms with E-state index in [9.17, 15) is 9.18 Å². The van der Waals surface area contributed by atoms with E-state index in [1.165, 1.54) is 6.07 Å². The van der Waals surface area contributed by atoms with Gasteiger partial charge in [0.05, 0.1) is 5.56 Å². The summed E-state index contributed by atoms with van der Waals surface area (Å²) >= 11 is 0. The Balaban J connectivity index is 1.96. The van der Waals surface area contributed by atoms with Crippen LogP contribution in [0.2, 0.25) is 0 Å². The Morgan fingerprint density at radius 3 is 2.65 bits per heavy atom. The summed E-state index contributed by atoms with van der Waals surface area (Å²) in [6.45, 7) is 6.48. The summed E-state index contributed by atoms with van der Waals surface area (Å²) in [5, 5.41) is 0. The monoisotopic (exact) mass is 279 g/mol. The SMILES string of the molecule is Cc1ccc(F)c(C(=O)N2CCN(CCCN)CC2)c1. The van der Waals surface area contributed by atoms with E-state index >= 15 is 0 Å². The molecule has 1 amide bonds. The normalized spacial score (nSPS) is 16.4. The highest BCUT2D eigenvalue weighted by molar-refractivity contribution is 5.94. The summed E-state index contributed by atoms with van der Waals surface area (Å²) in [6.07, 6.45) is 0.973. The van der Waals surface area contributed by atoms with Crippen LogP contribution in [-0.4, -0.2) is 55.0 Å². The molecule has 1 aromatic rings. The van der Waals surface area contributed by atoms with Gasteiger partial charge in [-0.15, -0.1) is 0 Å². The van der Waals surface area contributed by atoms with Gasteiger partial charge in [0.2, 0.25) is 0 Å². The van der Waals surface area contributed by atoms with Crippen molar-refractivity contribution >= 4 is 5.91 Å². The molecule has 1 aliphatic heterocycles. The Kier molecular flexibility index (Phi) is 5.09. The first-order valence-corrected chi connectivity index (χ1v) is 7.09. The van der Waals surface area contributed by atoms with Crippen LogP contribution in [0.15, 0.2) is 18.2 Å². The molecule has 4 nitrogen and oxygen atoms in total. The van der Waals surface area contributed by atoms with Crippen LogP contribution in [0.1, 0.15) is 22.3 Å². The van der Waals surface area contributed by atoms with Crippen molar-refractivity contribution in [2.75, 3.05) is 39.3 Å². The van der Waals surface area contributed by atoms with Crippen molar-refractivity contribution in [3.63, 3.8) is 0 Å². The van der Waals surface area contributed by atoms with Crippen molar-refractivity contribution in [2.45, 2.75) is 13.3 Å². The van der Waals surface area contributed by atoms with Crippen molar-refractivity contribution in [3.05, 3.63) is 35.1 Å². The lowest BCUT2D eigenvalue weighted by Gasteiger charge is -2.34. The molecular formula is C15H22FN3O. The standard InChI is InChI=1S/C15H22FN3O/c1-12-3-4-14(16)13(11-12)15(20)19-9-7-18(8-10-19)6-2-5-17/h3-4,11H,2,5-10,17H2,1H3. The number of halogens is 1. The first kappa shape index (κ1) is 14.9. The molecule has 1 heterocycles. The number of carbonyl (C=O) groups excluding carboxylic acids is 1. The van der Waals surface area contributed by atoms with E-state index in [2.05, 4.69) is 4.90 Å². The number of nitrogens with two attached hydrogens (primary N) is 1. The maximum absolute atomic E-state index is 13.7. The Labute approximate surface area is 119 Å². The Bertz CT molecular complexity index is 470. The summed E-state index contributed by atoms with van der Waals surface area (Å²) in [6, 6.07) is 4.66. The van der Waals surface area contributed by atoms with Crippen LogP contribution < -0.4 is 5.73 Å². The molecule has 110 valence electrons. The molecule has 0 spiro atoms. The quantitative estimate of drug-likeness (QED) is 0.902. The van der Waals surface area contributed by atoms with Gasteiger partial charge in [-0.25, -0.2) is 4.39 Å². The van der Waals surface area contributed by atoms with E-state index in [1.807, 2.05) is 6.92 Å². The molecule has 20 heavy (non-hydrogen) atoms. The van der Waals surface area contributed by atoms with Crippen LogP contribution in [-0.2, 0) is 0 Å². The summed E-state index contributed by atoms with van der Waals surface area (Å²) in [5.74, 6) is -0.643. The topological polar surface area (TPSA) is 49.6 Å². The largest absolute Gasteiger partial charge is 0.336 e. The van der Waals surface area contributed by atoms with Crippen LogP contribution in [0.3, 0.4) is 0 Å². The molecule has 1 fully saturated rings. The highest BCUT2D eigenvalue weighted by Gasteiger charge is 2.23. The van der Waals surface area contributed by atoms with Gasteiger partial charge in [0.15, 0.2) is 0 Å². The molecule has 0 unspecified atom stereocenters. The Morgan fingerprint density at radius 1 is 1.30 bits per heavy atom. The smallest absolute Gasteiger partial charge is 0.256 e. The van der Waals surface area contributed by atoms with Gasteiger partial charge in [-0.2, -0.15) is 0 Å². The van der Waals surface area contributed by atoms with Gasteiger partial charge in [-0.05, 0) is 38.6 Å². The molecule has 0 atom stereocenters. The molecule has 0 aromatic heterocycles. The first-order valence-electron chi connectivity index (χ1n) is 7.09. The number of rotatable bonds is 4. The number of benzene rings is 1. The maximum atomic E-state index is 13.7. The fourth-order valence-corrected chi connectivity index (χ4v) is 2.46. The van der Waals surface area contributed by atoms with Crippen molar-refractivity contribution in [2.24, 2.45) is 5.73 Å². The molecule has 1 aliphatic rings. The van der Waals surface area contributed by atoms with E-state index in [-0.39, 0.29) is 11.5 Å². The molecule has 0 radical (unpaired) electrons. The lowest BCUT2D eigenvalue weighted by molar-refractivity contribution is 0.0632. The van der Waals surface area contributed by atoms with E-state index < -0.39 is 5.82 Å². The number of hydrogen-bond acceptors (Lipinski definition) is 3. The second-order valence-electron chi connectivity index (χ2n) is 5.26. The minimum absolute atomic E-state index is 0.181. The molecule has 1 saturated heterocycles. The zero-order valence-corrected chi connectivity index (χ0v) is 11.9. The lowest BCUT2D eigenvalue weighted by atomic mass is 10.1. The molecule has 5 heteroatoms. The van der Waals surface area contributed by atoms with Gasteiger partial charge in [-0.3, -0.25) is 9.69 Å². The van der Waals surface area contributed by atoms with Crippen molar-refractivity contribution in [3.8, 4) is 0 Å². The Hall–Kier alpha value is -1.46. The third-order valence-electron chi connectivity index (χ3n) is 3.69. The van der Waals surface area contributed by atoms with Crippen molar-refractivity contribution in [1.82, 2.24) is 9.80 Å². The van der Waals surface area contributed by atoms with Gasteiger partial charge in [0.1, 0.15) is 5.82 Å². The zero-order valence-electron chi connectivity index (χ0n) is 11.9. The molecule has 0 saturated carbocycles. The fourth-order valence-electron chi connectivity index (χ4n) is 2.46. The molecular weight excluding hydrogens is 257 g/mol. The van der Waals surface area contributed by atoms with Crippen LogP contribution in [0, 0.1) is 12.7 Å². The average molecular weight is 279 g/mol. The van der Waals surface area contributed by atoms with Gasteiger partial charge in [-0.1, -0.05) is 11.6 Å². The second-order valence-corrected chi connectivity index (χ2v) is 5.26. The highest BCUT2D eigenvalue weighted by Crippen LogP contribution is 2.14. The van der Waals surface area contributed by atoms with Crippen LogP contribution >= 0.6 is 0 Å². The average Bonchev–Trinajstić information content (AvgIpc) is 2.47. The van der Waals surface area contributed by atoms with E-state index in [0.717, 1.165) is 31.6 Å². The molecule has 1 aromatic carbocycles. The minimum Gasteiger partial charge on any atom is -0.336 e. The van der Waals surface area contributed by atoms with Gasteiger partial charge < -0.3 is 10.6 Å². The number of piperazine rings is 1. The fraction of sp³-hybridized carbons (Fsp3) is 0.533. The maximum Gasteiger partial charge on any atom is 0.256 e. The number of hydrogen-bond donors (Lipinski definition) is 1. The first-order chi connectivity index (χ1) is 9.61. The molecule has 2 N–H and O–H groups in total. The van der Waals surface area contributed by atoms with Gasteiger partial charge >= 0.3 is 0 Å². The molecule has 2 rings (SSSR count). The summed E-state index contributed by atoms with van der Waals surface area (Å²) in [7, 11) is 0. The predicted octanol–water partition coefficient (Wildman–Crippen LogP) is 1.24. The van der Waals surface area contributed by atoms with Gasteiger partial charge in [0.25, 0.3) is 5.91 Å². The molecule has 0 bridgehead atoms. The van der Waals surface area contributed by atoms with E-state index in [1.54, 1.807) is 17.0 Å². The van der Waals surface area contributed by atoms with Crippen molar-refractivity contribution < 1.29 is 9.18 Å². The lowest BCUT2D eigenvalue weighted by Crippen LogP contribution is -2.49. The second kappa shape index (κ2) is 6.81. The summed E-state index contributed by atoms with van der Waals surface area (Å²) < 4.78 is 13.7. The number of aryl methyl sites for hydroxylation is 1. The van der Waals surface area contributed by atoms with E-state index in [0.29, 0.717) is 19.6 Å². The zero-order chi connectivity index (χ0) is 14.5. The summed E-state index contributed by atoms with van der Waals surface area (Å²) in [4.78, 5) is 16.4. The minimum atomic E-state index is -0.439. The van der Waals surface area contributed by atoms with Crippen LogP contribution in [0.5, 0.6) is 0 Å². The number of carbonyl (C=O) groups is 1. The third-order valence-corrected chi connectivity index (χ3v) is 3.69. The van der Waals surface area contributed by atoms with Gasteiger partial charge in [0, 0.05) is 26.2 Å². The predicted molar refractivity (Wildman–Crippen MR) is 77.2 cm³/mol. The van der Waals surface area contributed by atoms with Crippen LogP contribution in [0.25, 0.3) is 0 Å². The Morgan fingerprint density at radius 2 is 2.00 bits per heavy atom. The van der Waals surface area contributed by atoms with E-state index in [4.69, 9.17) is 5.73 Å². The third kappa shape index (κ3) is 3.55. The molecule has 0 aliphatic carbocycles. The summed E-state index contributed by atoms with van der Waals surface area (Å²) in [5.41, 5.74) is 6.58. The van der Waals surface area contributed by atoms with Crippen molar-refractivity contribution in [1.29, 1.82) is 0 Å². The van der Waals surface area contributed by atoms with Crippen LogP contribution in [0.4, 0.5) is 4.39 Å². The number of nitrogens with zero attached hydrogens (tertiary/aromatic N) is 2. The number of amides is 1.